The van der Waals surface area contributed by atoms with Crippen LogP contribution in [0.1, 0.15) is 25.7 Å². The summed E-state index contributed by atoms with van der Waals surface area (Å²) in [6.45, 7) is 3.07. The molecule has 1 atom stereocenters. The average molecular weight is 321 g/mol. The first-order valence-electron chi connectivity index (χ1n) is 8.22. The minimum atomic E-state index is 0.436. The molecule has 22 heavy (non-hydrogen) atoms. The molecule has 1 aliphatic carbocycles. The number of rotatable bonds is 5. The van der Waals surface area contributed by atoms with Crippen LogP contribution in [0.4, 0.5) is 5.69 Å². The zero-order valence-corrected chi connectivity index (χ0v) is 13.9. The van der Waals surface area contributed by atoms with Crippen LogP contribution in [0, 0.1) is 5.92 Å². The van der Waals surface area contributed by atoms with Crippen molar-refractivity contribution in [2.45, 2.75) is 31.7 Å². The molecule has 1 saturated carbocycles. The van der Waals surface area contributed by atoms with Gasteiger partial charge in [-0.2, -0.15) is 0 Å². The Hall–Kier alpha value is -1.42. The lowest BCUT2D eigenvalue weighted by Crippen LogP contribution is -2.44. The molecular weight excluding hydrogens is 296 g/mol. The van der Waals surface area contributed by atoms with Crippen molar-refractivity contribution in [1.29, 1.82) is 0 Å². The van der Waals surface area contributed by atoms with Gasteiger partial charge in [-0.1, -0.05) is 30.5 Å². The Balaban J connectivity index is 1.46. The molecule has 120 valence electrons. The predicted molar refractivity (Wildman–Crippen MR) is 93.9 cm³/mol. The molecule has 0 amide bonds. The fraction of sp³-hybridized carbons (Fsp3) is 0.588. The van der Waals surface area contributed by atoms with Crippen molar-refractivity contribution in [2.24, 2.45) is 10.9 Å². The molecule has 0 bridgehead atoms. The summed E-state index contributed by atoms with van der Waals surface area (Å²) in [7, 11) is 1.84. The fourth-order valence-electron chi connectivity index (χ4n) is 2.97. The van der Waals surface area contributed by atoms with E-state index >= 15 is 0 Å². The molecule has 0 aromatic heterocycles. The SMILES string of the molecule is CN=C(NCCC1CC1)NC1CCN(c2cccc(Cl)c2)C1. The second-order valence-electron chi connectivity index (χ2n) is 6.29. The highest BCUT2D eigenvalue weighted by atomic mass is 35.5. The Morgan fingerprint density at radius 2 is 2.23 bits per heavy atom. The fourth-order valence-corrected chi connectivity index (χ4v) is 3.16. The second kappa shape index (κ2) is 7.23. The van der Waals surface area contributed by atoms with Crippen LogP contribution >= 0.6 is 11.6 Å². The second-order valence-corrected chi connectivity index (χ2v) is 6.72. The van der Waals surface area contributed by atoms with Gasteiger partial charge in [0, 0.05) is 43.4 Å². The molecule has 2 N–H and O–H groups in total. The molecule has 0 spiro atoms. The van der Waals surface area contributed by atoms with Crippen LogP contribution in [0.15, 0.2) is 29.3 Å². The van der Waals surface area contributed by atoms with E-state index in [1.807, 2.05) is 25.2 Å². The smallest absolute Gasteiger partial charge is 0.191 e. The molecule has 1 aliphatic heterocycles. The van der Waals surface area contributed by atoms with Gasteiger partial charge in [0.25, 0.3) is 0 Å². The molecule has 0 radical (unpaired) electrons. The van der Waals surface area contributed by atoms with E-state index in [0.29, 0.717) is 6.04 Å². The predicted octanol–water partition coefficient (Wildman–Crippen LogP) is 2.88. The van der Waals surface area contributed by atoms with E-state index in [2.05, 4.69) is 26.6 Å². The van der Waals surface area contributed by atoms with Crippen LogP contribution in [-0.4, -0.2) is 38.7 Å². The van der Waals surface area contributed by atoms with Crippen molar-refractivity contribution in [3.05, 3.63) is 29.3 Å². The molecule has 2 fully saturated rings. The van der Waals surface area contributed by atoms with Crippen molar-refractivity contribution >= 4 is 23.2 Å². The third kappa shape index (κ3) is 4.29. The van der Waals surface area contributed by atoms with Gasteiger partial charge in [-0.3, -0.25) is 4.99 Å². The van der Waals surface area contributed by atoms with Gasteiger partial charge in [0.2, 0.25) is 0 Å². The Morgan fingerprint density at radius 1 is 1.36 bits per heavy atom. The van der Waals surface area contributed by atoms with E-state index in [1.54, 1.807) is 0 Å². The Kier molecular flexibility index (Phi) is 5.08. The van der Waals surface area contributed by atoms with Crippen LogP contribution in [0.5, 0.6) is 0 Å². The van der Waals surface area contributed by atoms with Crippen LogP contribution < -0.4 is 15.5 Å². The minimum Gasteiger partial charge on any atom is -0.369 e. The number of nitrogens with zero attached hydrogens (tertiary/aromatic N) is 2. The summed E-state index contributed by atoms with van der Waals surface area (Å²) in [5, 5.41) is 7.77. The first kappa shape index (κ1) is 15.5. The molecule has 1 unspecified atom stereocenters. The Morgan fingerprint density at radius 3 is 2.95 bits per heavy atom. The largest absolute Gasteiger partial charge is 0.369 e. The third-order valence-electron chi connectivity index (χ3n) is 4.47. The number of aliphatic imine (C=N–C) groups is 1. The van der Waals surface area contributed by atoms with Gasteiger partial charge < -0.3 is 15.5 Å². The summed E-state index contributed by atoms with van der Waals surface area (Å²) < 4.78 is 0. The Bertz CT molecular complexity index is 527. The van der Waals surface area contributed by atoms with Crippen molar-refractivity contribution in [2.75, 3.05) is 31.6 Å². The van der Waals surface area contributed by atoms with Gasteiger partial charge in [0.15, 0.2) is 5.96 Å². The van der Waals surface area contributed by atoms with E-state index in [-0.39, 0.29) is 0 Å². The van der Waals surface area contributed by atoms with Crippen molar-refractivity contribution in [3.63, 3.8) is 0 Å². The van der Waals surface area contributed by atoms with E-state index in [9.17, 15) is 0 Å². The van der Waals surface area contributed by atoms with Crippen molar-refractivity contribution < 1.29 is 0 Å². The summed E-state index contributed by atoms with van der Waals surface area (Å²) in [6.07, 6.45) is 5.20. The monoisotopic (exact) mass is 320 g/mol. The number of hydrogen-bond donors (Lipinski definition) is 2. The minimum absolute atomic E-state index is 0.436. The maximum absolute atomic E-state index is 6.08. The van der Waals surface area contributed by atoms with Crippen LogP contribution in [-0.2, 0) is 0 Å². The molecule has 1 aromatic rings. The molecule has 4 nitrogen and oxygen atoms in total. The molecule has 3 rings (SSSR count). The van der Waals surface area contributed by atoms with Gasteiger partial charge in [0.05, 0.1) is 0 Å². The molecule has 2 aliphatic rings. The van der Waals surface area contributed by atoms with Crippen LogP contribution in [0.2, 0.25) is 5.02 Å². The Labute approximate surface area is 137 Å². The van der Waals surface area contributed by atoms with Crippen LogP contribution in [0.25, 0.3) is 0 Å². The summed E-state index contributed by atoms with van der Waals surface area (Å²) in [5.74, 6) is 1.88. The topological polar surface area (TPSA) is 39.7 Å². The van der Waals surface area contributed by atoms with E-state index < -0.39 is 0 Å². The zero-order valence-electron chi connectivity index (χ0n) is 13.2. The quantitative estimate of drug-likeness (QED) is 0.647. The molecule has 1 aromatic carbocycles. The molecule has 1 saturated heterocycles. The first-order valence-corrected chi connectivity index (χ1v) is 8.60. The maximum atomic E-state index is 6.08. The van der Waals surface area contributed by atoms with E-state index in [0.717, 1.165) is 43.0 Å². The highest BCUT2D eigenvalue weighted by molar-refractivity contribution is 6.30. The van der Waals surface area contributed by atoms with Crippen LogP contribution in [0.3, 0.4) is 0 Å². The number of anilines is 1. The van der Waals surface area contributed by atoms with Crippen molar-refractivity contribution in [3.8, 4) is 0 Å². The molecular formula is C17H25ClN4. The van der Waals surface area contributed by atoms with Crippen molar-refractivity contribution in [1.82, 2.24) is 10.6 Å². The molecule has 1 heterocycles. The summed E-state index contributed by atoms with van der Waals surface area (Å²) in [4.78, 5) is 6.71. The number of halogens is 1. The zero-order chi connectivity index (χ0) is 15.4. The standard InChI is InChI=1S/C17H25ClN4/c1-19-17(20-9-7-13-5-6-13)21-15-8-10-22(12-15)16-4-2-3-14(18)11-16/h2-4,11,13,15H,5-10,12H2,1H3,(H2,19,20,21). The lowest BCUT2D eigenvalue weighted by molar-refractivity contribution is 0.632. The number of guanidine groups is 1. The van der Waals surface area contributed by atoms with Gasteiger partial charge in [-0.15, -0.1) is 0 Å². The average Bonchev–Trinajstić information content (AvgIpc) is 3.22. The number of hydrogen-bond acceptors (Lipinski definition) is 2. The van der Waals surface area contributed by atoms with E-state index in [4.69, 9.17) is 11.6 Å². The lowest BCUT2D eigenvalue weighted by Gasteiger charge is -2.20. The molecule has 5 heteroatoms. The van der Waals surface area contributed by atoms with Gasteiger partial charge in [-0.25, -0.2) is 0 Å². The van der Waals surface area contributed by atoms with Gasteiger partial charge >= 0.3 is 0 Å². The maximum Gasteiger partial charge on any atom is 0.191 e. The highest BCUT2D eigenvalue weighted by Crippen LogP contribution is 2.31. The summed E-state index contributed by atoms with van der Waals surface area (Å²) >= 11 is 6.08. The normalized spacial score (nSPS) is 22.0. The summed E-state index contributed by atoms with van der Waals surface area (Å²) in [6, 6.07) is 8.52. The van der Waals surface area contributed by atoms with Gasteiger partial charge in [-0.05, 0) is 37.0 Å². The van der Waals surface area contributed by atoms with E-state index in [1.165, 1.54) is 24.9 Å². The lowest BCUT2D eigenvalue weighted by atomic mass is 10.2. The first-order chi connectivity index (χ1) is 10.7. The highest BCUT2D eigenvalue weighted by Gasteiger charge is 2.24. The summed E-state index contributed by atoms with van der Waals surface area (Å²) in [5.41, 5.74) is 1.20. The third-order valence-corrected chi connectivity index (χ3v) is 4.70. The van der Waals surface area contributed by atoms with Gasteiger partial charge in [0.1, 0.15) is 0 Å². The number of benzene rings is 1. The number of nitrogens with one attached hydrogen (secondary N) is 2.